The fourth-order valence-corrected chi connectivity index (χ4v) is 5.07. The van der Waals surface area contributed by atoms with Gasteiger partial charge in [0.05, 0.1) is 16.5 Å². The largest absolute Gasteiger partial charge is 0.356 e. The number of thiazole rings is 1. The molecule has 1 amide bonds. The summed E-state index contributed by atoms with van der Waals surface area (Å²) in [5.41, 5.74) is 1.01. The Kier molecular flexibility index (Phi) is 7.64. The average molecular weight is 374 g/mol. The zero-order valence-electron chi connectivity index (χ0n) is 14.3. The Balaban J connectivity index is 1.57. The second-order valence-electron chi connectivity index (χ2n) is 6.19. The van der Waals surface area contributed by atoms with Crippen molar-refractivity contribution >= 4 is 27.3 Å². The van der Waals surface area contributed by atoms with E-state index >= 15 is 0 Å². The molecule has 8 heteroatoms. The van der Waals surface area contributed by atoms with Crippen LogP contribution in [0.5, 0.6) is 0 Å². The third-order valence-corrected chi connectivity index (χ3v) is 6.91. The molecule has 1 aliphatic rings. The van der Waals surface area contributed by atoms with Crippen molar-refractivity contribution in [3.05, 3.63) is 16.1 Å². The molecule has 0 saturated carbocycles. The summed E-state index contributed by atoms with van der Waals surface area (Å²) in [5.74, 6) is 0.135. The summed E-state index contributed by atoms with van der Waals surface area (Å²) in [7, 11) is -3.14. The van der Waals surface area contributed by atoms with E-state index in [1.54, 1.807) is 15.6 Å². The van der Waals surface area contributed by atoms with E-state index in [9.17, 15) is 13.2 Å². The minimum absolute atomic E-state index is 0.0164. The minimum Gasteiger partial charge on any atom is -0.356 e. The molecule has 0 bridgehead atoms. The van der Waals surface area contributed by atoms with Crippen molar-refractivity contribution in [2.45, 2.75) is 51.9 Å². The number of rotatable bonds is 9. The molecule has 0 radical (unpaired) electrons. The Morgan fingerprint density at radius 3 is 2.71 bits per heavy atom. The van der Waals surface area contributed by atoms with Crippen molar-refractivity contribution in [2.24, 2.45) is 0 Å². The second-order valence-corrected chi connectivity index (χ2v) is 9.34. The summed E-state index contributed by atoms with van der Waals surface area (Å²) in [6, 6.07) is 0. The molecule has 6 nitrogen and oxygen atoms in total. The lowest BCUT2D eigenvalue weighted by Crippen LogP contribution is -2.37. The Morgan fingerprint density at radius 2 is 2.04 bits per heavy atom. The van der Waals surface area contributed by atoms with Crippen LogP contribution < -0.4 is 5.32 Å². The number of carbonyl (C=O) groups excluding carboxylic acids is 1. The van der Waals surface area contributed by atoms with Gasteiger partial charge in [-0.25, -0.2) is 17.7 Å². The van der Waals surface area contributed by atoms with E-state index in [2.05, 4.69) is 10.3 Å². The highest BCUT2D eigenvalue weighted by Gasteiger charge is 2.23. The highest BCUT2D eigenvalue weighted by molar-refractivity contribution is 7.89. The van der Waals surface area contributed by atoms with Crippen LogP contribution in [0.1, 0.15) is 49.2 Å². The van der Waals surface area contributed by atoms with Gasteiger partial charge in [-0.3, -0.25) is 4.79 Å². The van der Waals surface area contributed by atoms with Gasteiger partial charge in [-0.05, 0) is 32.6 Å². The molecule has 1 aliphatic heterocycles. The molecular formula is C16H27N3O3S2. The monoisotopic (exact) mass is 373 g/mol. The summed E-state index contributed by atoms with van der Waals surface area (Å²) in [4.78, 5) is 16.1. The maximum atomic E-state index is 12.2. The summed E-state index contributed by atoms with van der Waals surface area (Å²) >= 11 is 1.61. The Hall–Kier alpha value is -0.990. The fourth-order valence-electron chi connectivity index (χ4n) is 2.78. The van der Waals surface area contributed by atoms with E-state index in [0.717, 1.165) is 36.4 Å². The Morgan fingerprint density at radius 1 is 1.29 bits per heavy atom. The summed E-state index contributed by atoms with van der Waals surface area (Å²) < 4.78 is 26.0. The summed E-state index contributed by atoms with van der Waals surface area (Å²) in [6.45, 7) is 3.84. The van der Waals surface area contributed by atoms with E-state index in [1.165, 1.54) is 0 Å². The predicted octanol–water partition coefficient (Wildman–Crippen LogP) is 2.10. The van der Waals surface area contributed by atoms with E-state index in [4.69, 9.17) is 0 Å². The maximum Gasteiger partial charge on any atom is 0.220 e. The maximum absolute atomic E-state index is 12.2. The van der Waals surface area contributed by atoms with Crippen molar-refractivity contribution < 1.29 is 13.2 Å². The van der Waals surface area contributed by atoms with Crippen LogP contribution >= 0.6 is 11.3 Å². The van der Waals surface area contributed by atoms with Crippen LogP contribution in [0, 0.1) is 6.92 Å². The summed E-state index contributed by atoms with van der Waals surface area (Å²) in [6.07, 6.45) is 5.30. The van der Waals surface area contributed by atoms with E-state index in [1.807, 2.05) is 12.3 Å². The lowest BCUT2D eigenvalue weighted by molar-refractivity contribution is -0.121. The topological polar surface area (TPSA) is 79.4 Å². The van der Waals surface area contributed by atoms with E-state index < -0.39 is 10.0 Å². The first-order valence-electron chi connectivity index (χ1n) is 8.63. The molecule has 0 spiro atoms. The van der Waals surface area contributed by atoms with Crippen LogP contribution in [0.25, 0.3) is 0 Å². The Bertz CT molecular complexity index is 622. The minimum atomic E-state index is -3.14. The van der Waals surface area contributed by atoms with Gasteiger partial charge in [-0.15, -0.1) is 11.3 Å². The predicted molar refractivity (Wildman–Crippen MR) is 96.6 cm³/mol. The highest BCUT2D eigenvalue weighted by atomic mass is 32.2. The first kappa shape index (κ1) is 19.3. The van der Waals surface area contributed by atoms with Gasteiger partial charge in [0.15, 0.2) is 0 Å². The van der Waals surface area contributed by atoms with Crippen LogP contribution in [0.4, 0.5) is 0 Å². The SMILES string of the molecule is Cc1nc(CCNC(=O)CCCCS(=O)(=O)N2CCCCC2)cs1. The van der Waals surface area contributed by atoms with Gasteiger partial charge >= 0.3 is 0 Å². The van der Waals surface area contributed by atoms with E-state index in [0.29, 0.717) is 38.9 Å². The average Bonchev–Trinajstić information content (AvgIpc) is 2.98. The standard InChI is InChI=1S/C16H27N3O3S2/c1-14-18-15(13-23-14)8-9-17-16(20)7-3-6-12-24(21,22)19-10-4-2-5-11-19/h13H,2-12H2,1H3,(H,17,20). The number of nitrogens with one attached hydrogen (secondary N) is 1. The molecule has 0 aliphatic carbocycles. The molecule has 0 unspecified atom stereocenters. The summed E-state index contributed by atoms with van der Waals surface area (Å²) in [5, 5.41) is 5.91. The van der Waals surface area contributed by atoms with Crippen LogP contribution in [0.3, 0.4) is 0 Å². The van der Waals surface area contributed by atoms with Gasteiger partial charge in [0, 0.05) is 37.9 Å². The van der Waals surface area contributed by atoms with Crippen LogP contribution in [-0.4, -0.2) is 49.0 Å². The van der Waals surface area contributed by atoms with Gasteiger partial charge in [-0.1, -0.05) is 6.42 Å². The van der Waals surface area contributed by atoms with Gasteiger partial charge in [-0.2, -0.15) is 0 Å². The van der Waals surface area contributed by atoms with Gasteiger partial charge in [0.2, 0.25) is 15.9 Å². The number of carbonyl (C=O) groups is 1. The molecule has 136 valence electrons. The molecule has 1 saturated heterocycles. The molecule has 24 heavy (non-hydrogen) atoms. The first-order valence-corrected chi connectivity index (χ1v) is 11.1. The quantitative estimate of drug-likeness (QED) is 0.672. The third-order valence-electron chi connectivity index (χ3n) is 4.13. The molecule has 2 heterocycles. The smallest absolute Gasteiger partial charge is 0.220 e. The van der Waals surface area contributed by atoms with Crippen LogP contribution in [0.15, 0.2) is 5.38 Å². The van der Waals surface area contributed by atoms with Crippen molar-refractivity contribution in [3.8, 4) is 0 Å². The second kappa shape index (κ2) is 9.48. The van der Waals surface area contributed by atoms with E-state index in [-0.39, 0.29) is 11.7 Å². The van der Waals surface area contributed by atoms with Crippen LogP contribution in [0.2, 0.25) is 0 Å². The number of hydrogen-bond donors (Lipinski definition) is 1. The number of unbranched alkanes of at least 4 members (excludes halogenated alkanes) is 1. The van der Waals surface area contributed by atoms with Crippen molar-refractivity contribution in [3.63, 3.8) is 0 Å². The zero-order valence-corrected chi connectivity index (χ0v) is 15.9. The van der Waals surface area contributed by atoms with Crippen molar-refractivity contribution in [2.75, 3.05) is 25.4 Å². The molecule has 2 rings (SSSR count). The number of hydrogen-bond acceptors (Lipinski definition) is 5. The molecule has 1 N–H and O–H groups in total. The Labute approximate surface area is 148 Å². The lowest BCUT2D eigenvalue weighted by Gasteiger charge is -2.25. The third kappa shape index (κ3) is 6.49. The highest BCUT2D eigenvalue weighted by Crippen LogP contribution is 2.14. The number of amides is 1. The first-order chi connectivity index (χ1) is 11.5. The van der Waals surface area contributed by atoms with Crippen molar-refractivity contribution in [1.82, 2.24) is 14.6 Å². The number of aryl methyl sites for hydroxylation is 1. The van der Waals surface area contributed by atoms with Gasteiger partial charge in [0.25, 0.3) is 0 Å². The van der Waals surface area contributed by atoms with Gasteiger partial charge in [0.1, 0.15) is 0 Å². The van der Waals surface area contributed by atoms with Crippen LogP contribution in [-0.2, 0) is 21.2 Å². The normalized spacial score (nSPS) is 16.2. The fraction of sp³-hybridized carbons (Fsp3) is 0.750. The molecule has 1 aromatic heterocycles. The lowest BCUT2D eigenvalue weighted by atomic mass is 10.2. The molecule has 0 aromatic carbocycles. The van der Waals surface area contributed by atoms with Crippen molar-refractivity contribution in [1.29, 1.82) is 0 Å². The number of aromatic nitrogens is 1. The number of nitrogens with zero attached hydrogens (tertiary/aromatic N) is 2. The molecule has 1 fully saturated rings. The number of piperidine rings is 1. The molecule has 0 atom stereocenters. The number of sulfonamides is 1. The molecule has 1 aromatic rings. The molecular weight excluding hydrogens is 346 g/mol. The van der Waals surface area contributed by atoms with Gasteiger partial charge < -0.3 is 5.32 Å². The zero-order chi connectivity index (χ0) is 17.4.